The molecule has 1 heterocycles. The van der Waals surface area contributed by atoms with Gasteiger partial charge in [-0.3, -0.25) is 15.2 Å². The van der Waals surface area contributed by atoms with Crippen LogP contribution in [-0.2, 0) is 0 Å². The van der Waals surface area contributed by atoms with E-state index in [1.807, 2.05) is 0 Å². The number of fused-ring (bicyclic) bond motifs is 1. The van der Waals surface area contributed by atoms with Crippen molar-refractivity contribution in [2.45, 2.75) is 0 Å². The molecule has 0 radical (unpaired) electrons. The van der Waals surface area contributed by atoms with Crippen LogP contribution >= 0.6 is 15.9 Å². The summed E-state index contributed by atoms with van der Waals surface area (Å²) in [6.07, 6.45) is 1.33. The van der Waals surface area contributed by atoms with Crippen LogP contribution in [0.5, 0.6) is 0 Å². The second kappa shape index (κ2) is 3.02. The first-order valence-corrected chi connectivity index (χ1v) is 4.36. The van der Waals surface area contributed by atoms with Gasteiger partial charge in [0.15, 0.2) is 5.82 Å². The molecule has 0 amide bonds. The number of hydrogen-bond donors (Lipinski definition) is 1. The molecule has 0 spiro atoms. The Morgan fingerprint density at radius 2 is 2.36 bits per heavy atom. The molecular formula is C7H3BrFN3O2. The standard InChI is InChI=1S/C7H3BrFN3O2/c8-5-4(12(13)14)1-3-2-10-11-7(3)6(5)9/h1-2H,(H,10,11). The Balaban J connectivity index is 2.87. The lowest BCUT2D eigenvalue weighted by Crippen LogP contribution is -1.92. The molecular weight excluding hydrogens is 257 g/mol. The maximum absolute atomic E-state index is 13.4. The molecule has 2 rings (SSSR count). The minimum Gasteiger partial charge on any atom is -0.275 e. The number of aromatic nitrogens is 2. The average Bonchev–Trinajstić information content (AvgIpc) is 2.58. The third kappa shape index (κ3) is 1.17. The van der Waals surface area contributed by atoms with Crippen LogP contribution in [0.15, 0.2) is 16.7 Å². The van der Waals surface area contributed by atoms with Gasteiger partial charge in [-0.1, -0.05) is 0 Å². The molecule has 0 saturated carbocycles. The highest BCUT2D eigenvalue weighted by Crippen LogP contribution is 2.32. The van der Waals surface area contributed by atoms with E-state index < -0.39 is 10.7 Å². The Morgan fingerprint density at radius 1 is 1.64 bits per heavy atom. The van der Waals surface area contributed by atoms with Gasteiger partial charge in [-0.2, -0.15) is 5.10 Å². The quantitative estimate of drug-likeness (QED) is 0.631. The van der Waals surface area contributed by atoms with E-state index in [1.54, 1.807) is 0 Å². The van der Waals surface area contributed by atoms with E-state index in [-0.39, 0.29) is 15.7 Å². The molecule has 0 bridgehead atoms. The monoisotopic (exact) mass is 259 g/mol. The molecule has 0 aliphatic heterocycles. The number of aromatic amines is 1. The third-order valence-corrected chi connectivity index (χ3v) is 2.55. The zero-order valence-corrected chi connectivity index (χ0v) is 8.21. The summed E-state index contributed by atoms with van der Waals surface area (Å²) in [5.41, 5.74) is -0.154. The predicted octanol–water partition coefficient (Wildman–Crippen LogP) is 2.37. The number of nitro benzene ring substituents is 1. The summed E-state index contributed by atoms with van der Waals surface area (Å²) in [5, 5.41) is 16.9. The van der Waals surface area contributed by atoms with Gasteiger partial charge in [0.25, 0.3) is 5.69 Å². The molecule has 0 saturated heterocycles. The van der Waals surface area contributed by atoms with Gasteiger partial charge in [0.2, 0.25) is 0 Å². The molecule has 5 nitrogen and oxygen atoms in total. The third-order valence-electron chi connectivity index (χ3n) is 1.79. The maximum Gasteiger partial charge on any atom is 0.287 e. The number of H-pyrrole nitrogens is 1. The van der Waals surface area contributed by atoms with E-state index in [0.29, 0.717) is 5.39 Å². The SMILES string of the molecule is O=[N+]([O-])c1cc2cn[nH]c2c(F)c1Br. The fourth-order valence-electron chi connectivity index (χ4n) is 1.15. The van der Waals surface area contributed by atoms with Crippen LogP contribution in [0.1, 0.15) is 0 Å². The highest BCUT2D eigenvalue weighted by Gasteiger charge is 2.20. The summed E-state index contributed by atoms with van der Waals surface area (Å²) in [6.45, 7) is 0. The highest BCUT2D eigenvalue weighted by atomic mass is 79.9. The molecule has 0 atom stereocenters. The predicted molar refractivity (Wildman–Crippen MR) is 50.4 cm³/mol. The van der Waals surface area contributed by atoms with Gasteiger partial charge >= 0.3 is 0 Å². The van der Waals surface area contributed by atoms with E-state index in [4.69, 9.17) is 0 Å². The van der Waals surface area contributed by atoms with Crippen LogP contribution in [0.2, 0.25) is 0 Å². The van der Waals surface area contributed by atoms with Gasteiger partial charge in [-0.05, 0) is 15.9 Å². The van der Waals surface area contributed by atoms with Crippen LogP contribution < -0.4 is 0 Å². The first-order chi connectivity index (χ1) is 6.61. The molecule has 72 valence electrons. The van der Waals surface area contributed by atoms with Crippen molar-refractivity contribution in [3.05, 3.63) is 32.7 Å². The summed E-state index contributed by atoms with van der Waals surface area (Å²) < 4.78 is 13.3. The average molecular weight is 260 g/mol. The number of rotatable bonds is 1. The Hall–Kier alpha value is -1.50. The fraction of sp³-hybridized carbons (Fsp3) is 0. The summed E-state index contributed by atoms with van der Waals surface area (Å²) in [7, 11) is 0. The molecule has 0 unspecified atom stereocenters. The van der Waals surface area contributed by atoms with Crippen LogP contribution in [0.25, 0.3) is 10.9 Å². The van der Waals surface area contributed by atoms with Crippen LogP contribution in [0.4, 0.5) is 10.1 Å². The van der Waals surface area contributed by atoms with Gasteiger partial charge in [0.1, 0.15) is 9.99 Å². The minimum absolute atomic E-state index is 0.155. The van der Waals surface area contributed by atoms with Crippen molar-refractivity contribution >= 4 is 32.5 Å². The van der Waals surface area contributed by atoms with E-state index in [9.17, 15) is 14.5 Å². The van der Waals surface area contributed by atoms with Crippen molar-refractivity contribution in [1.29, 1.82) is 0 Å². The minimum atomic E-state index is -0.702. The second-order valence-electron chi connectivity index (χ2n) is 2.61. The second-order valence-corrected chi connectivity index (χ2v) is 3.41. The number of hydrogen-bond acceptors (Lipinski definition) is 3. The Labute approximate surface area is 85.2 Å². The molecule has 14 heavy (non-hydrogen) atoms. The van der Waals surface area contributed by atoms with Crippen LogP contribution in [0.3, 0.4) is 0 Å². The van der Waals surface area contributed by atoms with Gasteiger partial charge in [0, 0.05) is 11.5 Å². The molecule has 2 aromatic rings. The molecule has 1 N–H and O–H groups in total. The molecule has 1 aromatic carbocycles. The Bertz CT molecular complexity index is 525. The van der Waals surface area contributed by atoms with E-state index in [1.165, 1.54) is 12.3 Å². The Kier molecular flexibility index (Phi) is 1.95. The molecule has 7 heteroatoms. The highest BCUT2D eigenvalue weighted by molar-refractivity contribution is 9.10. The van der Waals surface area contributed by atoms with Crippen molar-refractivity contribution in [1.82, 2.24) is 10.2 Å². The van der Waals surface area contributed by atoms with E-state index in [0.717, 1.165) is 0 Å². The van der Waals surface area contributed by atoms with Crippen molar-refractivity contribution in [3.63, 3.8) is 0 Å². The number of nitrogens with one attached hydrogen (secondary N) is 1. The molecule has 0 aliphatic rings. The van der Waals surface area contributed by atoms with Crippen molar-refractivity contribution in [3.8, 4) is 0 Å². The number of benzene rings is 1. The van der Waals surface area contributed by atoms with Crippen LogP contribution in [0, 0.1) is 15.9 Å². The first-order valence-electron chi connectivity index (χ1n) is 3.56. The topological polar surface area (TPSA) is 71.8 Å². The lowest BCUT2D eigenvalue weighted by Gasteiger charge is -1.97. The summed E-state index contributed by atoms with van der Waals surface area (Å²) >= 11 is 2.82. The van der Waals surface area contributed by atoms with E-state index in [2.05, 4.69) is 26.1 Å². The lowest BCUT2D eigenvalue weighted by atomic mass is 10.2. The van der Waals surface area contributed by atoms with Gasteiger partial charge in [0.05, 0.1) is 11.1 Å². The number of nitrogens with zero attached hydrogens (tertiary/aromatic N) is 2. The lowest BCUT2D eigenvalue weighted by molar-refractivity contribution is -0.385. The first kappa shape index (κ1) is 9.07. The van der Waals surface area contributed by atoms with Crippen molar-refractivity contribution in [2.24, 2.45) is 0 Å². The zero-order valence-electron chi connectivity index (χ0n) is 6.62. The molecule has 0 aliphatic carbocycles. The number of nitro groups is 1. The zero-order chi connectivity index (χ0) is 10.3. The van der Waals surface area contributed by atoms with Crippen molar-refractivity contribution < 1.29 is 9.31 Å². The molecule has 0 fully saturated rings. The van der Waals surface area contributed by atoms with Crippen molar-refractivity contribution in [2.75, 3.05) is 0 Å². The molecule has 1 aromatic heterocycles. The van der Waals surface area contributed by atoms with Gasteiger partial charge < -0.3 is 0 Å². The largest absolute Gasteiger partial charge is 0.287 e. The Morgan fingerprint density at radius 3 is 3.00 bits per heavy atom. The smallest absolute Gasteiger partial charge is 0.275 e. The number of halogens is 2. The maximum atomic E-state index is 13.4. The van der Waals surface area contributed by atoms with Gasteiger partial charge in [-0.15, -0.1) is 0 Å². The normalized spacial score (nSPS) is 10.7. The fourth-order valence-corrected chi connectivity index (χ4v) is 1.60. The van der Waals surface area contributed by atoms with Crippen LogP contribution in [-0.4, -0.2) is 15.1 Å². The summed E-state index contributed by atoms with van der Waals surface area (Å²) in [6, 6.07) is 1.26. The summed E-state index contributed by atoms with van der Waals surface area (Å²) in [4.78, 5) is 9.86. The van der Waals surface area contributed by atoms with E-state index >= 15 is 0 Å². The summed E-state index contributed by atoms with van der Waals surface area (Å²) in [5.74, 6) is -0.702. The van der Waals surface area contributed by atoms with Gasteiger partial charge in [-0.25, -0.2) is 4.39 Å².